The van der Waals surface area contributed by atoms with Crippen molar-refractivity contribution in [1.82, 2.24) is 4.90 Å². The molecule has 3 nitrogen and oxygen atoms in total. The minimum absolute atomic E-state index is 0.00569. The van der Waals surface area contributed by atoms with Crippen molar-refractivity contribution in [3.8, 4) is 0 Å². The van der Waals surface area contributed by atoms with Crippen LogP contribution in [0.2, 0.25) is 0 Å². The van der Waals surface area contributed by atoms with Crippen LogP contribution in [0.15, 0.2) is 0 Å². The molecule has 0 bridgehead atoms. The van der Waals surface area contributed by atoms with Crippen LogP contribution in [0.4, 0.5) is 13.2 Å². The maximum atomic E-state index is 11.9. The van der Waals surface area contributed by atoms with Crippen molar-refractivity contribution >= 4 is 0 Å². The first kappa shape index (κ1) is 15.7. The summed E-state index contributed by atoms with van der Waals surface area (Å²) in [6.45, 7) is 2.32. The van der Waals surface area contributed by atoms with Gasteiger partial charge in [-0.05, 0) is 33.4 Å². The summed E-state index contributed by atoms with van der Waals surface area (Å²) in [5.74, 6) is 0. The summed E-state index contributed by atoms with van der Waals surface area (Å²) in [5, 5.41) is 9.57. The molecule has 0 aliphatic carbocycles. The SMILES string of the molecule is CN(CCCC(C)(O)CN)CCC(F)(F)F. The molecule has 0 saturated carbocycles. The normalized spacial score (nSPS) is 16.5. The second-order valence-corrected chi connectivity index (χ2v) is 4.47. The van der Waals surface area contributed by atoms with Crippen LogP contribution >= 0.6 is 0 Å². The number of hydrogen-bond acceptors (Lipinski definition) is 3. The van der Waals surface area contributed by atoms with Crippen molar-refractivity contribution < 1.29 is 18.3 Å². The summed E-state index contributed by atoms with van der Waals surface area (Å²) >= 11 is 0. The van der Waals surface area contributed by atoms with Crippen molar-refractivity contribution in [3.05, 3.63) is 0 Å². The molecular weight excluding hydrogens is 221 g/mol. The average Bonchev–Trinajstić information content (AvgIpc) is 2.13. The van der Waals surface area contributed by atoms with Gasteiger partial charge >= 0.3 is 6.18 Å². The molecule has 1 atom stereocenters. The maximum absolute atomic E-state index is 11.9. The molecule has 1 unspecified atom stereocenters. The highest BCUT2D eigenvalue weighted by Gasteiger charge is 2.27. The number of rotatable bonds is 7. The Morgan fingerprint density at radius 2 is 1.75 bits per heavy atom. The van der Waals surface area contributed by atoms with Crippen molar-refractivity contribution in [1.29, 1.82) is 0 Å². The number of nitrogens with zero attached hydrogens (tertiary/aromatic N) is 1. The molecule has 0 amide bonds. The molecule has 98 valence electrons. The van der Waals surface area contributed by atoms with Crippen LogP contribution in [0, 0.1) is 0 Å². The van der Waals surface area contributed by atoms with E-state index in [2.05, 4.69) is 0 Å². The number of halogens is 3. The Morgan fingerprint density at radius 3 is 2.19 bits per heavy atom. The van der Waals surface area contributed by atoms with E-state index in [0.717, 1.165) is 0 Å². The zero-order valence-electron chi connectivity index (χ0n) is 9.85. The summed E-state index contributed by atoms with van der Waals surface area (Å²) in [6, 6.07) is 0. The summed E-state index contributed by atoms with van der Waals surface area (Å²) < 4.78 is 35.7. The molecule has 0 aliphatic heterocycles. The topological polar surface area (TPSA) is 49.5 Å². The molecule has 3 N–H and O–H groups in total. The predicted molar refractivity (Wildman–Crippen MR) is 57.1 cm³/mol. The first-order valence-electron chi connectivity index (χ1n) is 5.34. The predicted octanol–water partition coefficient (Wildman–Crippen LogP) is 1.36. The number of alkyl halides is 3. The van der Waals surface area contributed by atoms with Gasteiger partial charge in [-0.3, -0.25) is 0 Å². The van der Waals surface area contributed by atoms with Crippen LogP contribution in [0.1, 0.15) is 26.2 Å². The minimum Gasteiger partial charge on any atom is -0.389 e. The molecule has 0 radical (unpaired) electrons. The van der Waals surface area contributed by atoms with E-state index in [0.29, 0.717) is 19.4 Å². The van der Waals surface area contributed by atoms with Crippen molar-refractivity contribution in [3.63, 3.8) is 0 Å². The highest BCUT2D eigenvalue weighted by molar-refractivity contribution is 4.73. The molecule has 0 aromatic carbocycles. The lowest BCUT2D eigenvalue weighted by Gasteiger charge is -2.23. The smallest absolute Gasteiger partial charge is 0.389 e. The molecule has 0 aromatic heterocycles. The van der Waals surface area contributed by atoms with Gasteiger partial charge < -0.3 is 15.7 Å². The van der Waals surface area contributed by atoms with Crippen molar-refractivity contribution in [2.75, 3.05) is 26.7 Å². The van der Waals surface area contributed by atoms with Gasteiger partial charge in [0.2, 0.25) is 0 Å². The van der Waals surface area contributed by atoms with Gasteiger partial charge in [0.1, 0.15) is 0 Å². The van der Waals surface area contributed by atoms with E-state index >= 15 is 0 Å². The van der Waals surface area contributed by atoms with Crippen LogP contribution in [0.25, 0.3) is 0 Å². The molecular formula is C10H21F3N2O. The van der Waals surface area contributed by atoms with Crippen LogP contribution in [0.3, 0.4) is 0 Å². The lowest BCUT2D eigenvalue weighted by atomic mass is 10.0. The number of nitrogens with two attached hydrogens (primary N) is 1. The summed E-state index contributed by atoms with van der Waals surface area (Å²) in [5.41, 5.74) is 4.41. The molecule has 0 spiro atoms. The number of aliphatic hydroxyl groups is 1. The Balaban J connectivity index is 3.63. The van der Waals surface area contributed by atoms with Crippen LogP contribution in [-0.4, -0.2) is 48.5 Å². The van der Waals surface area contributed by atoms with E-state index in [1.54, 1.807) is 18.9 Å². The van der Waals surface area contributed by atoms with Crippen molar-refractivity contribution in [2.45, 2.75) is 38.0 Å². The lowest BCUT2D eigenvalue weighted by molar-refractivity contribution is -0.137. The zero-order valence-corrected chi connectivity index (χ0v) is 9.85. The van der Waals surface area contributed by atoms with E-state index in [-0.39, 0.29) is 13.1 Å². The first-order chi connectivity index (χ1) is 7.16. The van der Waals surface area contributed by atoms with Crippen LogP contribution < -0.4 is 5.73 Å². The van der Waals surface area contributed by atoms with Crippen LogP contribution in [-0.2, 0) is 0 Å². The van der Waals surface area contributed by atoms with E-state index < -0.39 is 18.2 Å². The highest BCUT2D eigenvalue weighted by Crippen LogP contribution is 2.19. The van der Waals surface area contributed by atoms with Crippen LogP contribution in [0.5, 0.6) is 0 Å². The molecule has 0 aliphatic rings. The highest BCUT2D eigenvalue weighted by atomic mass is 19.4. The third-order valence-electron chi connectivity index (χ3n) is 2.47. The lowest BCUT2D eigenvalue weighted by Crippen LogP contribution is -2.35. The summed E-state index contributed by atoms with van der Waals surface area (Å²) in [4.78, 5) is 1.61. The fraction of sp³-hybridized carbons (Fsp3) is 1.00. The van der Waals surface area contributed by atoms with Gasteiger partial charge in [-0.1, -0.05) is 0 Å². The monoisotopic (exact) mass is 242 g/mol. The average molecular weight is 242 g/mol. The third kappa shape index (κ3) is 8.94. The molecule has 0 aromatic rings. The van der Waals surface area contributed by atoms with Gasteiger partial charge in [-0.15, -0.1) is 0 Å². The van der Waals surface area contributed by atoms with Crippen molar-refractivity contribution in [2.24, 2.45) is 5.73 Å². The van der Waals surface area contributed by atoms with E-state index in [1.165, 1.54) is 0 Å². The molecule has 0 heterocycles. The molecule has 0 saturated heterocycles. The molecule has 0 rings (SSSR count). The van der Waals surface area contributed by atoms with Gasteiger partial charge in [0.25, 0.3) is 0 Å². The second-order valence-electron chi connectivity index (χ2n) is 4.47. The van der Waals surface area contributed by atoms with E-state index in [9.17, 15) is 18.3 Å². The molecule has 16 heavy (non-hydrogen) atoms. The Bertz CT molecular complexity index is 195. The molecule has 0 fully saturated rings. The third-order valence-corrected chi connectivity index (χ3v) is 2.47. The Labute approximate surface area is 94.4 Å². The fourth-order valence-corrected chi connectivity index (χ4v) is 1.26. The summed E-state index contributed by atoms with van der Waals surface area (Å²) in [7, 11) is 1.64. The van der Waals surface area contributed by atoms with Gasteiger partial charge in [-0.2, -0.15) is 13.2 Å². The Morgan fingerprint density at radius 1 is 1.19 bits per heavy atom. The standard InChI is InChI=1S/C10H21F3N2O/c1-9(16,8-14)4-3-6-15(2)7-5-10(11,12)13/h16H,3-8,14H2,1-2H3. The van der Waals surface area contributed by atoms with E-state index in [1.807, 2.05) is 0 Å². The summed E-state index contributed by atoms with van der Waals surface area (Å²) in [6.07, 6.45) is -3.76. The Hall–Kier alpha value is -0.330. The molecule has 6 heteroatoms. The quantitative estimate of drug-likeness (QED) is 0.708. The van der Waals surface area contributed by atoms with Gasteiger partial charge in [0.05, 0.1) is 12.0 Å². The first-order valence-corrected chi connectivity index (χ1v) is 5.34. The maximum Gasteiger partial charge on any atom is 0.390 e. The van der Waals surface area contributed by atoms with Gasteiger partial charge in [0.15, 0.2) is 0 Å². The minimum atomic E-state index is -4.10. The largest absolute Gasteiger partial charge is 0.390 e. The zero-order chi connectivity index (χ0) is 12.8. The second kappa shape index (κ2) is 6.42. The Kier molecular flexibility index (Phi) is 6.28. The van der Waals surface area contributed by atoms with E-state index in [4.69, 9.17) is 5.73 Å². The van der Waals surface area contributed by atoms with Gasteiger partial charge in [-0.25, -0.2) is 0 Å². The van der Waals surface area contributed by atoms with Gasteiger partial charge in [0, 0.05) is 13.1 Å². The fourth-order valence-electron chi connectivity index (χ4n) is 1.26. The number of hydrogen-bond donors (Lipinski definition) is 2.